The van der Waals surface area contributed by atoms with Gasteiger partial charge < -0.3 is 4.40 Å². The van der Waals surface area contributed by atoms with Crippen LogP contribution in [0.1, 0.15) is 41.8 Å². The van der Waals surface area contributed by atoms with E-state index < -0.39 is 0 Å². The van der Waals surface area contributed by atoms with Gasteiger partial charge in [-0.3, -0.25) is 0 Å². The van der Waals surface area contributed by atoms with Gasteiger partial charge in [-0.25, -0.2) is 15.0 Å². The minimum atomic E-state index is 0.449. The standard InChI is InChI=1S/C24H22N4/c1-2-17-6-3-4-8-22-21(17)13-15-28-16-20(27-24(22)28)12-11-19-10-9-18-7-5-14-25-23(18)26-19/h3-10,13-17H,2,11-12H2,1H3. The third-order valence-electron chi connectivity index (χ3n) is 5.46. The van der Waals surface area contributed by atoms with Crippen molar-refractivity contribution >= 4 is 22.8 Å². The topological polar surface area (TPSA) is 43.1 Å². The zero-order valence-electron chi connectivity index (χ0n) is 15.9. The number of fused-ring (bicyclic) bond motifs is 4. The van der Waals surface area contributed by atoms with E-state index in [-0.39, 0.29) is 0 Å². The van der Waals surface area contributed by atoms with Gasteiger partial charge in [0, 0.05) is 41.2 Å². The van der Waals surface area contributed by atoms with Crippen LogP contribution in [-0.2, 0) is 12.8 Å². The van der Waals surface area contributed by atoms with Gasteiger partial charge >= 0.3 is 0 Å². The first-order chi connectivity index (χ1) is 13.8. The molecule has 1 aliphatic carbocycles. The van der Waals surface area contributed by atoms with Crippen LogP contribution in [0.4, 0.5) is 0 Å². The average molecular weight is 366 g/mol. The van der Waals surface area contributed by atoms with Crippen molar-refractivity contribution in [2.24, 2.45) is 0 Å². The lowest BCUT2D eigenvalue weighted by molar-refractivity contribution is 0.803. The Hall–Kier alpha value is -3.27. The van der Waals surface area contributed by atoms with Gasteiger partial charge in [-0.2, -0.15) is 0 Å². The molecule has 5 rings (SSSR count). The Kier molecular flexibility index (Phi) is 4.24. The smallest absolute Gasteiger partial charge is 0.159 e. The quantitative estimate of drug-likeness (QED) is 0.502. The fraction of sp³-hybridized carbons (Fsp3) is 0.208. The van der Waals surface area contributed by atoms with Crippen LogP contribution in [0.3, 0.4) is 0 Å². The number of rotatable bonds is 4. The molecule has 0 saturated heterocycles. The number of aryl methyl sites for hydroxylation is 2. The highest BCUT2D eigenvalue weighted by Gasteiger charge is 2.16. The van der Waals surface area contributed by atoms with Crippen molar-refractivity contribution in [2.45, 2.75) is 32.1 Å². The second-order valence-corrected chi connectivity index (χ2v) is 7.26. The van der Waals surface area contributed by atoms with E-state index in [1.165, 1.54) is 11.1 Å². The van der Waals surface area contributed by atoms with E-state index in [1.54, 1.807) is 6.20 Å². The van der Waals surface area contributed by atoms with Crippen molar-refractivity contribution in [3.63, 3.8) is 0 Å². The fourth-order valence-electron chi connectivity index (χ4n) is 3.95. The number of imidazole rings is 1. The van der Waals surface area contributed by atoms with Crippen LogP contribution in [0, 0.1) is 0 Å². The largest absolute Gasteiger partial charge is 0.306 e. The van der Waals surface area contributed by atoms with E-state index >= 15 is 0 Å². The first-order valence-corrected chi connectivity index (χ1v) is 9.88. The summed E-state index contributed by atoms with van der Waals surface area (Å²) in [6.07, 6.45) is 17.6. The van der Waals surface area contributed by atoms with E-state index in [2.05, 4.69) is 76.2 Å². The highest BCUT2D eigenvalue weighted by molar-refractivity contribution is 5.74. The predicted octanol–water partition coefficient (Wildman–Crippen LogP) is 5.14. The molecular weight excluding hydrogens is 344 g/mol. The molecule has 138 valence electrons. The molecule has 0 aliphatic heterocycles. The van der Waals surface area contributed by atoms with Crippen LogP contribution >= 0.6 is 0 Å². The number of hydrogen-bond acceptors (Lipinski definition) is 3. The fourth-order valence-corrected chi connectivity index (χ4v) is 3.95. The van der Waals surface area contributed by atoms with E-state index in [0.29, 0.717) is 5.92 Å². The molecule has 1 aliphatic rings. The van der Waals surface area contributed by atoms with Crippen molar-refractivity contribution in [3.8, 4) is 0 Å². The molecule has 0 amide bonds. The minimum absolute atomic E-state index is 0.449. The molecule has 4 nitrogen and oxygen atoms in total. The van der Waals surface area contributed by atoms with Gasteiger partial charge in [-0.1, -0.05) is 31.2 Å². The summed E-state index contributed by atoms with van der Waals surface area (Å²) in [5.74, 6) is 0.449. The molecule has 0 spiro atoms. The van der Waals surface area contributed by atoms with Crippen molar-refractivity contribution < 1.29 is 0 Å². The first kappa shape index (κ1) is 16.9. The Morgan fingerprint density at radius 3 is 2.86 bits per heavy atom. The molecule has 0 fully saturated rings. The van der Waals surface area contributed by atoms with Crippen LogP contribution in [0.5, 0.6) is 0 Å². The number of allylic oxidation sites excluding steroid dienone is 3. The number of pyridine rings is 3. The Labute approximate surface area is 164 Å². The lowest BCUT2D eigenvalue weighted by atomic mass is 9.94. The maximum Gasteiger partial charge on any atom is 0.159 e. The first-order valence-electron chi connectivity index (χ1n) is 9.88. The van der Waals surface area contributed by atoms with Crippen LogP contribution in [0.2, 0.25) is 0 Å². The Balaban J connectivity index is 1.44. The summed E-state index contributed by atoms with van der Waals surface area (Å²) >= 11 is 0. The zero-order chi connectivity index (χ0) is 18.9. The Morgan fingerprint density at radius 1 is 1.00 bits per heavy atom. The molecule has 0 aromatic carbocycles. The molecule has 1 atom stereocenters. The van der Waals surface area contributed by atoms with Crippen LogP contribution in [0.25, 0.3) is 22.8 Å². The van der Waals surface area contributed by atoms with Crippen LogP contribution < -0.4 is 0 Å². The van der Waals surface area contributed by atoms with Crippen molar-refractivity contribution in [3.05, 3.63) is 89.7 Å². The van der Waals surface area contributed by atoms with Gasteiger partial charge in [0.25, 0.3) is 0 Å². The molecular formula is C24H22N4. The van der Waals surface area contributed by atoms with Gasteiger partial charge in [0.2, 0.25) is 0 Å². The van der Waals surface area contributed by atoms with E-state index in [4.69, 9.17) is 4.98 Å². The van der Waals surface area contributed by atoms with Crippen molar-refractivity contribution in [2.75, 3.05) is 0 Å². The zero-order valence-corrected chi connectivity index (χ0v) is 15.9. The summed E-state index contributed by atoms with van der Waals surface area (Å²) in [5.41, 5.74) is 6.59. The van der Waals surface area contributed by atoms with Gasteiger partial charge in [0.05, 0.1) is 5.69 Å². The minimum Gasteiger partial charge on any atom is -0.306 e. The number of aromatic nitrogens is 4. The maximum atomic E-state index is 4.95. The van der Waals surface area contributed by atoms with Gasteiger partial charge in [-0.05, 0) is 55.2 Å². The van der Waals surface area contributed by atoms with Crippen molar-refractivity contribution in [1.82, 2.24) is 19.4 Å². The van der Waals surface area contributed by atoms with Gasteiger partial charge in [0.15, 0.2) is 5.65 Å². The summed E-state index contributed by atoms with van der Waals surface area (Å²) in [7, 11) is 0. The molecule has 0 saturated carbocycles. The lowest BCUT2D eigenvalue weighted by Crippen LogP contribution is -1.99. The average Bonchev–Trinajstić information content (AvgIpc) is 3.04. The normalized spacial score (nSPS) is 15.8. The molecule has 1 unspecified atom stereocenters. The molecule has 0 radical (unpaired) electrons. The Morgan fingerprint density at radius 2 is 1.93 bits per heavy atom. The van der Waals surface area contributed by atoms with Crippen LogP contribution in [-0.4, -0.2) is 19.4 Å². The second kappa shape index (κ2) is 7.04. The van der Waals surface area contributed by atoms with Gasteiger partial charge in [0.1, 0.15) is 5.65 Å². The SMILES string of the molecule is CCC1C=CC=Cc2c1ccn1cc(CCc3ccc4cccnc4n3)nc21. The molecule has 0 N–H and O–H groups in total. The summed E-state index contributed by atoms with van der Waals surface area (Å²) in [6, 6.07) is 10.4. The molecule has 28 heavy (non-hydrogen) atoms. The highest BCUT2D eigenvalue weighted by atomic mass is 15.0. The lowest BCUT2D eigenvalue weighted by Gasteiger charge is -2.13. The summed E-state index contributed by atoms with van der Waals surface area (Å²) in [4.78, 5) is 14.0. The van der Waals surface area contributed by atoms with E-state index in [0.717, 1.165) is 47.3 Å². The van der Waals surface area contributed by atoms with E-state index in [1.807, 2.05) is 12.1 Å². The predicted molar refractivity (Wildman–Crippen MR) is 113 cm³/mol. The van der Waals surface area contributed by atoms with Gasteiger partial charge in [-0.15, -0.1) is 0 Å². The monoisotopic (exact) mass is 366 g/mol. The third-order valence-corrected chi connectivity index (χ3v) is 5.46. The van der Waals surface area contributed by atoms with Crippen molar-refractivity contribution in [1.29, 1.82) is 0 Å². The summed E-state index contributed by atoms with van der Waals surface area (Å²) in [5, 5.41) is 1.08. The maximum absolute atomic E-state index is 4.95. The molecule has 4 aromatic heterocycles. The molecule has 0 bridgehead atoms. The van der Waals surface area contributed by atoms with E-state index in [9.17, 15) is 0 Å². The summed E-state index contributed by atoms with van der Waals surface area (Å²) < 4.78 is 2.14. The third kappa shape index (κ3) is 3.01. The highest BCUT2D eigenvalue weighted by Crippen LogP contribution is 2.30. The second-order valence-electron chi connectivity index (χ2n) is 7.26. The number of nitrogens with zero attached hydrogens (tertiary/aromatic N) is 4. The number of hydrogen-bond donors (Lipinski definition) is 0. The summed E-state index contributed by atoms with van der Waals surface area (Å²) in [6.45, 7) is 2.23. The molecule has 4 aromatic rings. The van der Waals surface area contributed by atoms with Crippen LogP contribution in [0.15, 0.2) is 67.2 Å². The molecule has 4 heteroatoms. The Bertz CT molecular complexity index is 1220. The molecule has 4 heterocycles.